The van der Waals surface area contributed by atoms with Gasteiger partial charge in [0.25, 0.3) is 0 Å². The summed E-state index contributed by atoms with van der Waals surface area (Å²) in [6, 6.07) is 7.42. The number of carbonyl (C=O) groups is 1. The van der Waals surface area contributed by atoms with E-state index in [0.29, 0.717) is 5.56 Å². The first-order valence-electron chi connectivity index (χ1n) is 6.51. The third kappa shape index (κ3) is 4.62. The monoisotopic (exact) mass is 362 g/mol. The second-order valence-corrected chi connectivity index (χ2v) is 5.81. The fourth-order valence-corrected chi connectivity index (χ4v) is 2.63. The molecule has 2 nitrogen and oxygen atoms in total. The lowest BCUT2D eigenvalue weighted by Gasteiger charge is -2.09. The van der Waals surface area contributed by atoms with Crippen molar-refractivity contribution < 1.29 is 23.1 Å². The van der Waals surface area contributed by atoms with Crippen LogP contribution >= 0.6 is 23.2 Å². The van der Waals surface area contributed by atoms with Gasteiger partial charge in [-0.3, -0.25) is 4.79 Å². The van der Waals surface area contributed by atoms with Crippen LogP contribution in [0.1, 0.15) is 16.7 Å². The third-order valence-electron chi connectivity index (χ3n) is 3.13. The Bertz CT molecular complexity index is 719. The number of alkyl halides is 3. The van der Waals surface area contributed by atoms with E-state index < -0.39 is 11.7 Å². The Labute approximate surface area is 140 Å². The fraction of sp³-hybridized carbons (Fsp3) is 0.188. The molecule has 0 saturated heterocycles. The average molecular weight is 363 g/mol. The Morgan fingerprint density at radius 2 is 1.57 bits per heavy atom. The van der Waals surface area contributed by atoms with Crippen molar-refractivity contribution in [3.63, 3.8) is 0 Å². The van der Waals surface area contributed by atoms with Crippen LogP contribution in [0.2, 0.25) is 10.0 Å². The quantitative estimate of drug-likeness (QED) is 0.823. The van der Waals surface area contributed by atoms with Crippen LogP contribution in [0.4, 0.5) is 13.2 Å². The van der Waals surface area contributed by atoms with Gasteiger partial charge in [0.05, 0.1) is 15.6 Å². The molecule has 2 rings (SSSR count). The van der Waals surface area contributed by atoms with Crippen molar-refractivity contribution in [1.82, 2.24) is 0 Å². The lowest BCUT2D eigenvalue weighted by molar-refractivity contribution is -0.137. The number of carbonyl (C=O) groups excluding carboxylic acids is 1. The summed E-state index contributed by atoms with van der Waals surface area (Å²) in [5.41, 5.74) is -0.0332. The van der Waals surface area contributed by atoms with Crippen molar-refractivity contribution in [2.75, 3.05) is 0 Å². The lowest BCUT2D eigenvalue weighted by Crippen LogP contribution is -2.09. The molecule has 0 saturated carbocycles. The molecule has 23 heavy (non-hydrogen) atoms. The van der Waals surface area contributed by atoms with Gasteiger partial charge in [-0.2, -0.15) is 13.2 Å². The SMILES string of the molecule is O=C(Cc1cccc(C(F)(F)F)c1)Cc1cc(Cl)c(O)c(Cl)c1. The van der Waals surface area contributed by atoms with E-state index in [-0.39, 0.29) is 40.0 Å². The molecule has 0 amide bonds. The number of aromatic hydroxyl groups is 1. The molecule has 0 fully saturated rings. The Morgan fingerprint density at radius 1 is 1.00 bits per heavy atom. The average Bonchev–Trinajstić information content (AvgIpc) is 2.44. The topological polar surface area (TPSA) is 37.3 Å². The van der Waals surface area contributed by atoms with Crippen LogP contribution < -0.4 is 0 Å². The van der Waals surface area contributed by atoms with Gasteiger partial charge in [0, 0.05) is 12.8 Å². The van der Waals surface area contributed by atoms with E-state index >= 15 is 0 Å². The zero-order valence-corrected chi connectivity index (χ0v) is 13.1. The van der Waals surface area contributed by atoms with Gasteiger partial charge >= 0.3 is 6.18 Å². The smallest absolute Gasteiger partial charge is 0.416 e. The van der Waals surface area contributed by atoms with E-state index in [4.69, 9.17) is 23.2 Å². The number of hydrogen-bond donors (Lipinski definition) is 1. The van der Waals surface area contributed by atoms with Gasteiger partial charge in [-0.15, -0.1) is 0 Å². The molecule has 0 atom stereocenters. The van der Waals surface area contributed by atoms with Crippen LogP contribution in [0.15, 0.2) is 36.4 Å². The van der Waals surface area contributed by atoms with E-state index in [0.717, 1.165) is 12.1 Å². The van der Waals surface area contributed by atoms with Crippen molar-refractivity contribution >= 4 is 29.0 Å². The molecule has 2 aromatic carbocycles. The first-order chi connectivity index (χ1) is 10.7. The molecule has 2 aromatic rings. The van der Waals surface area contributed by atoms with Crippen LogP contribution in [0.5, 0.6) is 5.75 Å². The zero-order valence-electron chi connectivity index (χ0n) is 11.6. The number of phenols is 1. The molecule has 0 aliphatic carbocycles. The standard InChI is InChI=1S/C16H11Cl2F3O2/c17-13-7-10(8-14(18)15(13)23)6-12(22)5-9-2-1-3-11(4-9)16(19,20)21/h1-4,7-8,23H,5-6H2. The van der Waals surface area contributed by atoms with Crippen molar-refractivity contribution in [2.45, 2.75) is 19.0 Å². The van der Waals surface area contributed by atoms with E-state index in [9.17, 15) is 23.1 Å². The van der Waals surface area contributed by atoms with Gasteiger partial charge in [-0.25, -0.2) is 0 Å². The number of ketones is 1. The van der Waals surface area contributed by atoms with Crippen molar-refractivity contribution in [2.24, 2.45) is 0 Å². The van der Waals surface area contributed by atoms with Crippen LogP contribution in [0, 0.1) is 0 Å². The highest BCUT2D eigenvalue weighted by Gasteiger charge is 2.30. The maximum absolute atomic E-state index is 12.6. The number of phenolic OH excluding ortho intramolecular Hbond substituents is 1. The van der Waals surface area contributed by atoms with E-state index in [1.807, 2.05) is 0 Å². The minimum atomic E-state index is -4.45. The first-order valence-corrected chi connectivity index (χ1v) is 7.27. The molecule has 1 N–H and O–H groups in total. The second kappa shape index (κ2) is 6.81. The Kier molecular flexibility index (Phi) is 5.22. The maximum atomic E-state index is 12.6. The predicted molar refractivity (Wildman–Crippen MR) is 82.0 cm³/mol. The lowest BCUT2D eigenvalue weighted by atomic mass is 10.0. The van der Waals surface area contributed by atoms with Crippen LogP contribution in [-0.4, -0.2) is 10.9 Å². The number of rotatable bonds is 4. The molecule has 0 heterocycles. The van der Waals surface area contributed by atoms with Gasteiger partial charge in [-0.05, 0) is 29.3 Å². The molecule has 122 valence electrons. The summed E-state index contributed by atoms with van der Waals surface area (Å²) in [4.78, 5) is 12.0. The van der Waals surface area contributed by atoms with Gasteiger partial charge in [-0.1, -0.05) is 41.4 Å². The van der Waals surface area contributed by atoms with Gasteiger partial charge in [0.15, 0.2) is 5.75 Å². The van der Waals surface area contributed by atoms with Gasteiger partial charge in [0.2, 0.25) is 0 Å². The van der Waals surface area contributed by atoms with Crippen LogP contribution in [0.25, 0.3) is 0 Å². The van der Waals surface area contributed by atoms with Gasteiger partial charge < -0.3 is 5.11 Å². The number of benzene rings is 2. The summed E-state index contributed by atoms with van der Waals surface area (Å²) in [6.45, 7) is 0. The summed E-state index contributed by atoms with van der Waals surface area (Å²) in [5.74, 6) is -0.565. The third-order valence-corrected chi connectivity index (χ3v) is 3.71. The molecule has 0 spiro atoms. The Balaban J connectivity index is 2.11. The fourth-order valence-electron chi connectivity index (χ4n) is 2.10. The maximum Gasteiger partial charge on any atom is 0.416 e. The predicted octanol–water partition coefficient (Wildman–Crippen LogP) is 5.07. The zero-order chi connectivity index (χ0) is 17.2. The van der Waals surface area contributed by atoms with E-state index in [1.54, 1.807) is 0 Å². The van der Waals surface area contributed by atoms with E-state index in [1.165, 1.54) is 24.3 Å². The highest BCUT2D eigenvalue weighted by Crippen LogP contribution is 2.33. The summed E-state index contributed by atoms with van der Waals surface area (Å²) in [5, 5.41) is 9.48. The van der Waals surface area contributed by atoms with E-state index in [2.05, 4.69) is 0 Å². The normalized spacial score (nSPS) is 11.5. The molecule has 0 aromatic heterocycles. The van der Waals surface area contributed by atoms with Crippen LogP contribution in [0.3, 0.4) is 0 Å². The minimum absolute atomic E-state index is 0.0133. The molecule has 0 radical (unpaired) electrons. The number of halogens is 5. The first kappa shape index (κ1) is 17.6. The molecule has 7 heteroatoms. The summed E-state index contributed by atoms with van der Waals surface area (Å²) in [6.07, 6.45) is -4.63. The van der Waals surface area contributed by atoms with Gasteiger partial charge in [0.1, 0.15) is 5.78 Å². The highest BCUT2D eigenvalue weighted by atomic mass is 35.5. The summed E-state index contributed by atoms with van der Waals surface area (Å²) < 4.78 is 37.9. The Morgan fingerprint density at radius 3 is 2.13 bits per heavy atom. The van der Waals surface area contributed by atoms with Crippen molar-refractivity contribution in [1.29, 1.82) is 0 Å². The summed E-state index contributed by atoms with van der Waals surface area (Å²) in [7, 11) is 0. The molecule has 0 aliphatic heterocycles. The highest BCUT2D eigenvalue weighted by molar-refractivity contribution is 6.37. The molecule has 0 aliphatic rings. The number of Topliss-reactive ketones (excluding diaryl/α,β-unsaturated/α-hetero) is 1. The van der Waals surface area contributed by atoms with Crippen molar-refractivity contribution in [3.05, 3.63) is 63.1 Å². The second-order valence-electron chi connectivity index (χ2n) is 5.00. The Hall–Kier alpha value is -1.72. The molecular weight excluding hydrogens is 352 g/mol. The number of hydrogen-bond acceptors (Lipinski definition) is 2. The van der Waals surface area contributed by atoms with Crippen molar-refractivity contribution in [3.8, 4) is 5.75 Å². The summed E-state index contributed by atoms with van der Waals surface area (Å²) >= 11 is 11.5. The molecule has 0 unspecified atom stereocenters. The molecular formula is C16H11Cl2F3O2. The minimum Gasteiger partial charge on any atom is -0.505 e. The van der Waals surface area contributed by atoms with Crippen LogP contribution in [-0.2, 0) is 23.8 Å². The molecule has 0 bridgehead atoms. The largest absolute Gasteiger partial charge is 0.505 e.